The highest BCUT2D eigenvalue weighted by atomic mass is 14.8. The Hall–Kier alpha value is -0.0400. The molecule has 0 aliphatic heterocycles. The summed E-state index contributed by atoms with van der Waals surface area (Å²) in [5.74, 6) is 0.853. The maximum Gasteiger partial charge on any atom is 0.0124 e. The maximum absolute atomic E-state index is 6.31. The van der Waals surface area contributed by atoms with Crippen LogP contribution >= 0.6 is 0 Å². The van der Waals surface area contributed by atoms with Crippen molar-refractivity contribution >= 4 is 0 Å². The minimum atomic E-state index is 0.547. The lowest BCUT2D eigenvalue weighted by molar-refractivity contribution is 0.191. The van der Waals surface area contributed by atoms with Crippen molar-refractivity contribution in [2.45, 2.75) is 57.9 Å². The monoisotopic (exact) mass is 167 g/mol. The Morgan fingerprint density at radius 2 is 2.08 bits per heavy atom. The summed E-state index contributed by atoms with van der Waals surface area (Å²) in [5, 5.41) is 0. The average molecular weight is 167 g/mol. The normalized spacial score (nSPS) is 38.5. The van der Waals surface area contributed by atoms with Crippen molar-refractivity contribution in [3.05, 3.63) is 0 Å². The van der Waals surface area contributed by atoms with Crippen LogP contribution in [0, 0.1) is 11.3 Å². The lowest BCUT2D eigenvalue weighted by atomic mass is 9.73. The second-order valence-corrected chi connectivity index (χ2v) is 4.83. The Kier molecular flexibility index (Phi) is 2.16. The van der Waals surface area contributed by atoms with E-state index >= 15 is 0 Å². The first-order valence-electron chi connectivity index (χ1n) is 5.54. The third-order valence-electron chi connectivity index (χ3n) is 4.02. The third-order valence-corrected chi connectivity index (χ3v) is 4.02. The first-order valence-corrected chi connectivity index (χ1v) is 5.54. The Morgan fingerprint density at radius 3 is 2.67 bits per heavy atom. The van der Waals surface area contributed by atoms with E-state index in [0.29, 0.717) is 11.5 Å². The predicted molar refractivity (Wildman–Crippen MR) is 51.9 cm³/mol. The van der Waals surface area contributed by atoms with Crippen LogP contribution in [-0.2, 0) is 0 Å². The fourth-order valence-corrected chi connectivity index (χ4v) is 3.00. The molecule has 0 saturated heterocycles. The molecule has 2 aliphatic rings. The average Bonchev–Trinajstić information content (AvgIpc) is 2.81. The van der Waals surface area contributed by atoms with E-state index in [2.05, 4.69) is 6.92 Å². The standard InChI is InChI=1S/C11H21N/c1-2-4-9-5-3-6-11(7-8-11)10(9)12/h9-10H,2-8,12H2,1H3/t9?,10-/m1/s1. The van der Waals surface area contributed by atoms with Gasteiger partial charge in [-0.1, -0.05) is 19.8 Å². The van der Waals surface area contributed by atoms with Crippen LogP contribution in [0.5, 0.6) is 0 Å². The van der Waals surface area contributed by atoms with Gasteiger partial charge in [-0.25, -0.2) is 0 Å². The second-order valence-electron chi connectivity index (χ2n) is 4.83. The first kappa shape index (κ1) is 8.55. The lowest BCUT2D eigenvalue weighted by Crippen LogP contribution is -2.42. The zero-order valence-electron chi connectivity index (χ0n) is 8.18. The van der Waals surface area contributed by atoms with E-state index < -0.39 is 0 Å². The molecule has 2 rings (SSSR count). The quantitative estimate of drug-likeness (QED) is 0.672. The van der Waals surface area contributed by atoms with Gasteiger partial charge in [-0.3, -0.25) is 0 Å². The molecule has 0 amide bonds. The van der Waals surface area contributed by atoms with Crippen LogP contribution in [0.3, 0.4) is 0 Å². The van der Waals surface area contributed by atoms with Crippen molar-refractivity contribution in [3.63, 3.8) is 0 Å². The highest BCUT2D eigenvalue weighted by molar-refractivity contribution is 5.05. The number of rotatable bonds is 2. The summed E-state index contributed by atoms with van der Waals surface area (Å²) in [6, 6.07) is 0.547. The fourth-order valence-electron chi connectivity index (χ4n) is 3.00. The summed E-state index contributed by atoms with van der Waals surface area (Å²) < 4.78 is 0. The molecule has 1 unspecified atom stereocenters. The van der Waals surface area contributed by atoms with Gasteiger partial charge in [-0.05, 0) is 43.4 Å². The summed E-state index contributed by atoms with van der Waals surface area (Å²) in [4.78, 5) is 0. The summed E-state index contributed by atoms with van der Waals surface area (Å²) in [5.41, 5.74) is 6.94. The van der Waals surface area contributed by atoms with Crippen molar-refractivity contribution < 1.29 is 0 Å². The van der Waals surface area contributed by atoms with Gasteiger partial charge in [-0.2, -0.15) is 0 Å². The number of nitrogens with two attached hydrogens (primary N) is 1. The van der Waals surface area contributed by atoms with Gasteiger partial charge in [0, 0.05) is 6.04 Å². The topological polar surface area (TPSA) is 26.0 Å². The Labute approximate surface area is 75.7 Å². The van der Waals surface area contributed by atoms with Gasteiger partial charge in [0.05, 0.1) is 0 Å². The fraction of sp³-hybridized carbons (Fsp3) is 1.00. The first-order chi connectivity index (χ1) is 5.78. The van der Waals surface area contributed by atoms with E-state index in [-0.39, 0.29) is 0 Å². The van der Waals surface area contributed by atoms with Gasteiger partial charge in [0.2, 0.25) is 0 Å². The zero-order chi connectivity index (χ0) is 8.60. The minimum absolute atomic E-state index is 0.547. The van der Waals surface area contributed by atoms with Crippen LogP contribution in [0.4, 0.5) is 0 Å². The molecule has 2 aliphatic carbocycles. The second kappa shape index (κ2) is 3.02. The van der Waals surface area contributed by atoms with Gasteiger partial charge < -0.3 is 5.73 Å². The molecule has 0 aromatic carbocycles. The lowest BCUT2D eigenvalue weighted by Gasteiger charge is -2.36. The van der Waals surface area contributed by atoms with Crippen molar-refractivity contribution in [1.29, 1.82) is 0 Å². The van der Waals surface area contributed by atoms with Crippen LogP contribution in [-0.4, -0.2) is 6.04 Å². The van der Waals surface area contributed by atoms with Crippen molar-refractivity contribution in [3.8, 4) is 0 Å². The summed E-state index contributed by atoms with van der Waals surface area (Å²) in [6.07, 6.45) is 9.80. The van der Waals surface area contributed by atoms with Crippen molar-refractivity contribution in [2.24, 2.45) is 17.1 Å². The SMILES string of the molecule is CCCC1CCCC2(CC2)[C@@H]1N. The Balaban J connectivity index is 1.96. The van der Waals surface area contributed by atoms with Gasteiger partial charge >= 0.3 is 0 Å². The van der Waals surface area contributed by atoms with Crippen LogP contribution in [0.1, 0.15) is 51.9 Å². The third kappa shape index (κ3) is 1.28. The van der Waals surface area contributed by atoms with E-state index in [4.69, 9.17) is 5.73 Å². The molecule has 2 saturated carbocycles. The van der Waals surface area contributed by atoms with Gasteiger partial charge in [-0.15, -0.1) is 0 Å². The summed E-state index contributed by atoms with van der Waals surface area (Å²) in [6.45, 7) is 2.28. The van der Waals surface area contributed by atoms with E-state index in [1.54, 1.807) is 0 Å². The largest absolute Gasteiger partial charge is 0.327 e. The number of hydrogen-bond acceptors (Lipinski definition) is 1. The molecule has 1 heteroatoms. The summed E-state index contributed by atoms with van der Waals surface area (Å²) in [7, 11) is 0. The predicted octanol–water partition coefficient (Wildman–Crippen LogP) is 2.69. The molecule has 0 aromatic rings. The van der Waals surface area contributed by atoms with E-state index in [9.17, 15) is 0 Å². The van der Waals surface area contributed by atoms with Crippen molar-refractivity contribution in [2.75, 3.05) is 0 Å². The van der Waals surface area contributed by atoms with E-state index in [1.165, 1.54) is 44.9 Å². The highest BCUT2D eigenvalue weighted by Crippen LogP contribution is 2.57. The van der Waals surface area contributed by atoms with Gasteiger partial charge in [0.25, 0.3) is 0 Å². The molecule has 1 spiro atoms. The molecular formula is C11H21N. The zero-order valence-corrected chi connectivity index (χ0v) is 8.18. The van der Waals surface area contributed by atoms with Gasteiger partial charge in [0.15, 0.2) is 0 Å². The molecule has 2 fully saturated rings. The van der Waals surface area contributed by atoms with Crippen molar-refractivity contribution in [1.82, 2.24) is 0 Å². The molecule has 0 bridgehead atoms. The van der Waals surface area contributed by atoms with E-state index in [1.807, 2.05) is 0 Å². The molecule has 0 radical (unpaired) electrons. The Bertz CT molecular complexity index is 158. The van der Waals surface area contributed by atoms with Gasteiger partial charge in [0.1, 0.15) is 0 Å². The molecule has 12 heavy (non-hydrogen) atoms. The van der Waals surface area contributed by atoms with Crippen LogP contribution in [0.25, 0.3) is 0 Å². The molecule has 70 valence electrons. The summed E-state index contributed by atoms with van der Waals surface area (Å²) >= 11 is 0. The van der Waals surface area contributed by atoms with Crippen LogP contribution in [0.15, 0.2) is 0 Å². The highest BCUT2D eigenvalue weighted by Gasteiger charge is 2.51. The molecule has 0 aromatic heterocycles. The smallest absolute Gasteiger partial charge is 0.0124 e. The van der Waals surface area contributed by atoms with Crippen LogP contribution in [0.2, 0.25) is 0 Å². The minimum Gasteiger partial charge on any atom is -0.327 e. The molecular weight excluding hydrogens is 146 g/mol. The molecule has 2 atom stereocenters. The Morgan fingerprint density at radius 1 is 1.33 bits per heavy atom. The maximum atomic E-state index is 6.31. The molecule has 0 heterocycles. The number of hydrogen-bond donors (Lipinski definition) is 1. The molecule has 2 N–H and O–H groups in total. The van der Waals surface area contributed by atoms with E-state index in [0.717, 1.165) is 5.92 Å². The van der Waals surface area contributed by atoms with Crippen LogP contribution < -0.4 is 5.73 Å². The molecule has 1 nitrogen and oxygen atoms in total.